The summed E-state index contributed by atoms with van der Waals surface area (Å²) < 4.78 is 24.1. The van der Waals surface area contributed by atoms with Gasteiger partial charge in [-0.25, -0.2) is 14.2 Å². The molecule has 0 aromatic heterocycles. The zero-order valence-corrected chi connectivity index (χ0v) is 16.3. The quantitative estimate of drug-likeness (QED) is 0.556. The van der Waals surface area contributed by atoms with Crippen LogP contribution in [-0.2, 0) is 14.3 Å². The lowest BCUT2D eigenvalue weighted by atomic mass is 10.1. The van der Waals surface area contributed by atoms with Crippen LogP contribution in [0.2, 0.25) is 0 Å². The third-order valence-corrected chi connectivity index (χ3v) is 5.24. The van der Waals surface area contributed by atoms with Crippen molar-refractivity contribution in [2.24, 2.45) is 4.99 Å². The van der Waals surface area contributed by atoms with Crippen LogP contribution in [0.3, 0.4) is 0 Å². The maximum atomic E-state index is 13.2. The Morgan fingerprint density at radius 3 is 2.62 bits per heavy atom. The third-order valence-electron chi connectivity index (χ3n) is 4.78. The molecule has 2 aromatic rings. The highest BCUT2D eigenvalue weighted by Gasteiger charge is 2.42. The number of benzene rings is 2. The van der Waals surface area contributed by atoms with Crippen LogP contribution in [0.15, 0.2) is 53.5 Å². The third kappa shape index (κ3) is 3.88. The number of hydrogen-bond donors (Lipinski definition) is 0. The molecule has 1 fully saturated rings. The van der Waals surface area contributed by atoms with Crippen molar-refractivity contribution in [3.63, 3.8) is 0 Å². The van der Waals surface area contributed by atoms with Gasteiger partial charge in [0.15, 0.2) is 0 Å². The van der Waals surface area contributed by atoms with E-state index in [-0.39, 0.29) is 17.4 Å². The Morgan fingerprint density at radius 1 is 1.17 bits per heavy atom. The van der Waals surface area contributed by atoms with Crippen molar-refractivity contribution in [2.75, 3.05) is 6.54 Å². The molecule has 2 unspecified atom stereocenters. The first-order valence-electron chi connectivity index (χ1n) is 9.06. The van der Waals surface area contributed by atoms with Gasteiger partial charge < -0.3 is 14.4 Å². The van der Waals surface area contributed by atoms with E-state index < -0.39 is 23.9 Å². The Kier molecular flexibility index (Phi) is 5.10. The predicted molar refractivity (Wildman–Crippen MR) is 108 cm³/mol. The molecule has 2 aliphatic rings. The lowest BCUT2D eigenvalue weighted by Gasteiger charge is -2.24. The molecule has 0 aliphatic carbocycles. The summed E-state index contributed by atoms with van der Waals surface area (Å²) in [5, 5.41) is 0. The van der Waals surface area contributed by atoms with Gasteiger partial charge in [0.2, 0.25) is 5.90 Å². The number of halogens is 1. The standard InChI is InChI=1S/C21H17FN2O4S/c1-12(25)27-15-10-18-19(28-21(26)13-6-8-14(22)9-7-13)23-17-5-3-2-4-16(17)20(29)24(18)11-15/h2-9,15,18H,10-11H2,1H3. The fourth-order valence-corrected chi connectivity index (χ4v) is 3.88. The summed E-state index contributed by atoms with van der Waals surface area (Å²) in [5.41, 5.74) is 1.54. The number of nitrogens with zero attached hydrogens (tertiary/aromatic N) is 2. The summed E-state index contributed by atoms with van der Waals surface area (Å²) in [7, 11) is 0. The van der Waals surface area contributed by atoms with Gasteiger partial charge in [0, 0.05) is 18.9 Å². The van der Waals surface area contributed by atoms with Gasteiger partial charge in [0.25, 0.3) is 0 Å². The van der Waals surface area contributed by atoms with Crippen LogP contribution in [0.4, 0.5) is 10.1 Å². The molecule has 2 aromatic carbocycles. The smallest absolute Gasteiger partial charge is 0.344 e. The van der Waals surface area contributed by atoms with Crippen molar-refractivity contribution in [1.29, 1.82) is 0 Å². The van der Waals surface area contributed by atoms with Crippen molar-refractivity contribution >= 4 is 40.7 Å². The first-order valence-corrected chi connectivity index (χ1v) is 9.47. The number of para-hydroxylation sites is 1. The van der Waals surface area contributed by atoms with Crippen molar-refractivity contribution in [3.05, 3.63) is 65.5 Å². The lowest BCUT2D eigenvalue weighted by Crippen LogP contribution is -2.40. The molecule has 0 spiro atoms. The Bertz CT molecular complexity index is 1020. The number of thiocarbonyl (C=S) groups is 1. The molecule has 0 amide bonds. The van der Waals surface area contributed by atoms with E-state index in [4.69, 9.17) is 21.7 Å². The van der Waals surface area contributed by atoms with Crippen LogP contribution in [0.1, 0.15) is 29.3 Å². The van der Waals surface area contributed by atoms with E-state index in [1.54, 1.807) is 6.07 Å². The van der Waals surface area contributed by atoms with Gasteiger partial charge in [-0.15, -0.1) is 0 Å². The molecule has 0 bridgehead atoms. The molecule has 29 heavy (non-hydrogen) atoms. The molecule has 0 saturated carbocycles. The zero-order chi connectivity index (χ0) is 20.5. The van der Waals surface area contributed by atoms with Gasteiger partial charge in [-0.05, 0) is 36.4 Å². The minimum Gasteiger partial charge on any atom is -0.461 e. The topological polar surface area (TPSA) is 68.2 Å². The summed E-state index contributed by atoms with van der Waals surface area (Å²) in [5.74, 6) is -1.31. The van der Waals surface area contributed by atoms with Crippen molar-refractivity contribution in [2.45, 2.75) is 25.5 Å². The summed E-state index contributed by atoms with van der Waals surface area (Å²) in [6.07, 6.45) is -0.00101. The second kappa shape index (κ2) is 7.71. The largest absolute Gasteiger partial charge is 0.461 e. The molecular weight excluding hydrogens is 395 g/mol. The molecule has 4 rings (SSSR count). The van der Waals surface area contributed by atoms with Gasteiger partial charge in [-0.2, -0.15) is 0 Å². The number of ether oxygens (including phenoxy) is 2. The monoisotopic (exact) mass is 412 g/mol. The Balaban J connectivity index is 1.68. The average Bonchev–Trinajstić information content (AvgIpc) is 3.06. The summed E-state index contributed by atoms with van der Waals surface area (Å²) in [4.78, 5) is 31.0. The van der Waals surface area contributed by atoms with E-state index in [1.165, 1.54) is 31.2 Å². The maximum Gasteiger partial charge on any atom is 0.344 e. The van der Waals surface area contributed by atoms with E-state index in [0.29, 0.717) is 23.6 Å². The number of esters is 2. The number of aliphatic imine (C=N–C) groups is 1. The molecule has 8 heteroatoms. The molecule has 2 heterocycles. The fraction of sp³-hybridized carbons (Fsp3) is 0.238. The molecule has 2 atom stereocenters. The van der Waals surface area contributed by atoms with Gasteiger partial charge in [0.05, 0.1) is 17.8 Å². The van der Waals surface area contributed by atoms with Gasteiger partial charge in [-0.3, -0.25) is 4.79 Å². The van der Waals surface area contributed by atoms with Crippen LogP contribution in [-0.4, -0.2) is 46.4 Å². The highest BCUT2D eigenvalue weighted by molar-refractivity contribution is 7.80. The van der Waals surface area contributed by atoms with Gasteiger partial charge in [-0.1, -0.05) is 24.4 Å². The van der Waals surface area contributed by atoms with E-state index in [9.17, 15) is 14.0 Å². The zero-order valence-electron chi connectivity index (χ0n) is 15.5. The van der Waals surface area contributed by atoms with E-state index in [1.807, 2.05) is 23.1 Å². The molecule has 2 aliphatic heterocycles. The van der Waals surface area contributed by atoms with Crippen molar-refractivity contribution in [1.82, 2.24) is 4.90 Å². The molecule has 1 saturated heterocycles. The van der Waals surface area contributed by atoms with Crippen LogP contribution < -0.4 is 0 Å². The number of hydrogen-bond acceptors (Lipinski definition) is 6. The molecular formula is C21H17FN2O4S. The van der Waals surface area contributed by atoms with Crippen molar-refractivity contribution in [3.8, 4) is 0 Å². The highest BCUT2D eigenvalue weighted by atomic mass is 32.1. The fourth-order valence-electron chi connectivity index (χ4n) is 3.51. The molecule has 0 N–H and O–H groups in total. The van der Waals surface area contributed by atoms with Crippen LogP contribution >= 0.6 is 12.2 Å². The van der Waals surface area contributed by atoms with Crippen LogP contribution in [0, 0.1) is 5.82 Å². The van der Waals surface area contributed by atoms with E-state index in [2.05, 4.69) is 4.99 Å². The minimum absolute atomic E-state index is 0.168. The summed E-state index contributed by atoms with van der Waals surface area (Å²) >= 11 is 5.66. The Hall–Kier alpha value is -3.13. The van der Waals surface area contributed by atoms with Crippen molar-refractivity contribution < 1.29 is 23.5 Å². The van der Waals surface area contributed by atoms with Gasteiger partial charge >= 0.3 is 11.9 Å². The van der Waals surface area contributed by atoms with E-state index in [0.717, 1.165) is 5.56 Å². The molecule has 0 radical (unpaired) electrons. The Morgan fingerprint density at radius 2 is 1.90 bits per heavy atom. The summed E-state index contributed by atoms with van der Waals surface area (Å²) in [6.45, 7) is 1.73. The molecule has 148 valence electrons. The first-order chi connectivity index (χ1) is 13.9. The molecule has 6 nitrogen and oxygen atoms in total. The first kappa shape index (κ1) is 19.2. The highest BCUT2D eigenvalue weighted by Crippen LogP contribution is 2.33. The SMILES string of the molecule is CC(=O)OC1CC2C(OC(=O)c3ccc(F)cc3)=Nc3ccccc3C(=S)N2C1. The second-order valence-corrected chi connectivity index (χ2v) is 7.19. The number of carbonyl (C=O) groups is 2. The average molecular weight is 412 g/mol. The number of carbonyl (C=O) groups excluding carboxylic acids is 2. The maximum absolute atomic E-state index is 13.2. The minimum atomic E-state index is -0.648. The summed E-state index contributed by atoms with van der Waals surface area (Å²) in [6, 6.07) is 11.9. The number of rotatable bonds is 2. The lowest BCUT2D eigenvalue weighted by molar-refractivity contribution is -0.145. The predicted octanol–water partition coefficient (Wildman–Crippen LogP) is 3.41. The Labute approximate surface area is 171 Å². The van der Waals surface area contributed by atoms with Crippen LogP contribution in [0.5, 0.6) is 0 Å². The normalized spacial score (nSPS) is 20.3. The second-order valence-electron chi connectivity index (χ2n) is 6.80. The van der Waals surface area contributed by atoms with E-state index >= 15 is 0 Å². The van der Waals surface area contributed by atoms with Gasteiger partial charge in [0.1, 0.15) is 23.0 Å². The van der Waals surface area contributed by atoms with Crippen LogP contribution in [0.25, 0.3) is 0 Å². The number of fused-ring (bicyclic) bond motifs is 2.